The zero-order chi connectivity index (χ0) is 12.3. The average molecular weight is 272 g/mol. The zero-order valence-electron chi connectivity index (χ0n) is 9.50. The van der Waals surface area contributed by atoms with Crippen LogP contribution in [0.4, 0.5) is 0 Å². The molecule has 0 unspecified atom stereocenters. The second-order valence-corrected chi connectivity index (χ2v) is 4.73. The van der Waals surface area contributed by atoms with Crippen molar-refractivity contribution in [3.05, 3.63) is 40.7 Å². The van der Waals surface area contributed by atoms with Gasteiger partial charge in [-0.2, -0.15) is 0 Å². The van der Waals surface area contributed by atoms with Crippen LogP contribution in [0.2, 0.25) is 10.3 Å². The molecular weight excluding hydrogens is 257 g/mol. The molecule has 0 amide bonds. The standard InChI is InChI=1S/C12H15Cl2N3/c1-2-10(17-7-5-15-6-8-17)9-3-4-11(13)16-12(9)14/h2-4,10,15H,1,5-8H2/t10-/m1/s1. The van der Waals surface area contributed by atoms with Gasteiger partial charge in [0.05, 0.1) is 6.04 Å². The van der Waals surface area contributed by atoms with E-state index in [-0.39, 0.29) is 6.04 Å². The monoisotopic (exact) mass is 271 g/mol. The summed E-state index contributed by atoms with van der Waals surface area (Å²) in [5, 5.41) is 4.20. The van der Waals surface area contributed by atoms with Gasteiger partial charge in [-0.15, -0.1) is 6.58 Å². The molecule has 1 aromatic rings. The van der Waals surface area contributed by atoms with Crippen molar-refractivity contribution in [1.29, 1.82) is 0 Å². The van der Waals surface area contributed by atoms with E-state index in [1.807, 2.05) is 12.1 Å². The third-order valence-corrected chi connectivity index (χ3v) is 3.44. The van der Waals surface area contributed by atoms with Crippen LogP contribution in [0.15, 0.2) is 24.8 Å². The number of rotatable bonds is 3. The maximum atomic E-state index is 6.14. The molecule has 0 aliphatic carbocycles. The summed E-state index contributed by atoms with van der Waals surface area (Å²) in [6.07, 6.45) is 1.90. The number of piperazine rings is 1. The maximum Gasteiger partial charge on any atom is 0.135 e. The minimum Gasteiger partial charge on any atom is -0.314 e. The molecule has 0 aromatic carbocycles. The van der Waals surface area contributed by atoms with Crippen molar-refractivity contribution < 1.29 is 0 Å². The summed E-state index contributed by atoms with van der Waals surface area (Å²) in [6, 6.07) is 3.79. The van der Waals surface area contributed by atoms with Gasteiger partial charge in [0.15, 0.2) is 0 Å². The largest absolute Gasteiger partial charge is 0.314 e. The van der Waals surface area contributed by atoms with E-state index in [1.54, 1.807) is 6.07 Å². The van der Waals surface area contributed by atoms with Gasteiger partial charge in [0.1, 0.15) is 10.3 Å². The van der Waals surface area contributed by atoms with Crippen molar-refractivity contribution in [2.75, 3.05) is 26.2 Å². The van der Waals surface area contributed by atoms with E-state index in [0.29, 0.717) is 10.3 Å². The molecule has 0 bridgehead atoms. The van der Waals surface area contributed by atoms with Crippen LogP contribution in [0, 0.1) is 0 Å². The Hall–Kier alpha value is -0.610. The minimum absolute atomic E-state index is 0.106. The fourth-order valence-electron chi connectivity index (χ4n) is 2.08. The van der Waals surface area contributed by atoms with E-state index >= 15 is 0 Å². The molecular formula is C12H15Cl2N3. The van der Waals surface area contributed by atoms with E-state index in [4.69, 9.17) is 23.2 Å². The second-order valence-electron chi connectivity index (χ2n) is 3.98. The number of hydrogen-bond donors (Lipinski definition) is 1. The molecule has 1 saturated heterocycles. The maximum absolute atomic E-state index is 6.14. The highest BCUT2D eigenvalue weighted by Crippen LogP contribution is 2.28. The number of nitrogens with one attached hydrogen (secondary N) is 1. The summed E-state index contributed by atoms with van der Waals surface area (Å²) >= 11 is 11.9. The Morgan fingerprint density at radius 1 is 1.35 bits per heavy atom. The van der Waals surface area contributed by atoms with E-state index in [1.165, 1.54) is 0 Å². The van der Waals surface area contributed by atoms with Crippen LogP contribution < -0.4 is 5.32 Å². The Kier molecular flexibility index (Phi) is 4.40. The first-order chi connectivity index (χ1) is 8.22. The Bertz CT molecular complexity index is 403. The van der Waals surface area contributed by atoms with Crippen LogP contribution in [0.5, 0.6) is 0 Å². The van der Waals surface area contributed by atoms with Gasteiger partial charge in [-0.25, -0.2) is 4.98 Å². The third-order valence-electron chi connectivity index (χ3n) is 2.93. The smallest absolute Gasteiger partial charge is 0.135 e. The highest BCUT2D eigenvalue weighted by molar-refractivity contribution is 6.32. The lowest BCUT2D eigenvalue weighted by atomic mass is 10.1. The first-order valence-electron chi connectivity index (χ1n) is 5.61. The number of halogens is 2. The van der Waals surface area contributed by atoms with Crippen molar-refractivity contribution in [1.82, 2.24) is 15.2 Å². The number of pyridine rings is 1. The number of hydrogen-bond acceptors (Lipinski definition) is 3. The van der Waals surface area contributed by atoms with E-state index < -0.39 is 0 Å². The summed E-state index contributed by atoms with van der Waals surface area (Å²) in [5.74, 6) is 0. The lowest BCUT2D eigenvalue weighted by Crippen LogP contribution is -2.44. The van der Waals surface area contributed by atoms with Gasteiger partial charge in [0.25, 0.3) is 0 Å². The molecule has 1 aliphatic rings. The van der Waals surface area contributed by atoms with Gasteiger partial charge in [-0.3, -0.25) is 4.90 Å². The highest BCUT2D eigenvalue weighted by Gasteiger charge is 2.21. The average Bonchev–Trinajstić information content (AvgIpc) is 2.34. The lowest BCUT2D eigenvalue weighted by molar-refractivity contribution is 0.203. The normalized spacial score (nSPS) is 18.9. The molecule has 5 heteroatoms. The van der Waals surface area contributed by atoms with Gasteiger partial charge in [0, 0.05) is 31.7 Å². The number of nitrogens with zero attached hydrogens (tertiary/aromatic N) is 2. The Morgan fingerprint density at radius 2 is 2.06 bits per heavy atom. The van der Waals surface area contributed by atoms with Crippen molar-refractivity contribution >= 4 is 23.2 Å². The molecule has 0 spiro atoms. The molecule has 3 nitrogen and oxygen atoms in total. The van der Waals surface area contributed by atoms with Gasteiger partial charge in [0.2, 0.25) is 0 Å². The van der Waals surface area contributed by atoms with Crippen LogP contribution in [0.3, 0.4) is 0 Å². The molecule has 0 radical (unpaired) electrons. The van der Waals surface area contributed by atoms with E-state index in [0.717, 1.165) is 31.7 Å². The zero-order valence-corrected chi connectivity index (χ0v) is 11.0. The summed E-state index contributed by atoms with van der Waals surface area (Å²) in [6.45, 7) is 7.84. The SMILES string of the molecule is C=C[C@H](c1ccc(Cl)nc1Cl)N1CCNCC1. The first kappa shape index (κ1) is 12.8. The van der Waals surface area contributed by atoms with Gasteiger partial charge in [-0.1, -0.05) is 35.3 Å². The second kappa shape index (κ2) is 5.83. The third kappa shape index (κ3) is 2.99. The van der Waals surface area contributed by atoms with Crippen LogP contribution in [-0.4, -0.2) is 36.1 Å². The van der Waals surface area contributed by atoms with Crippen molar-refractivity contribution in [2.45, 2.75) is 6.04 Å². The Labute approximate surface area is 111 Å². The highest BCUT2D eigenvalue weighted by atomic mass is 35.5. The summed E-state index contributed by atoms with van der Waals surface area (Å²) in [4.78, 5) is 6.41. The predicted molar refractivity (Wildman–Crippen MR) is 71.6 cm³/mol. The molecule has 1 aromatic heterocycles. The summed E-state index contributed by atoms with van der Waals surface area (Å²) in [5.41, 5.74) is 0.966. The molecule has 17 heavy (non-hydrogen) atoms. The molecule has 1 aliphatic heterocycles. The van der Waals surface area contributed by atoms with Crippen LogP contribution in [0.25, 0.3) is 0 Å². The van der Waals surface area contributed by atoms with Crippen LogP contribution in [-0.2, 0) is 0 Å². The first-order valence-corrected chi connectivity index (χ1v) is 6.37. The van der Waals surface area contributed by atoms with Gasteiger partial charge in [-0.05, 0) is 6.07 Å². The van der Waals surface area contributed by atoms with Crippen LogP contribution in [0.1, 0.15) is 11.6 Å². The lowest BCUT2D eigenvalue weighted by Gasteiger charge is -2.33. The minimum atomic E-state index is 0.106. The summed E-state index contributed by atoms with van der Waals surface area (Å²) < 4.78 is 0. The molecule has 92 valence electrons. The van der Waals surface area contributed by atoms with Crippen molar-refractivity contribution in [3.63, 3.8) is 0 Å². The molecule has 1 atom stereocenters. The number of aromatic nitrogens is 1. The molecule has 2 heterocycles. The van der Waals surface area contributed by atoms with Gasteiger partial charge < -0.3 is 5.32 Å². The van der Waals surface area contributed by atoms with E-state index in [9.17, 15) is 0 Å². The van der Waals surface area contributed by atoms with Crippen LogP contribution >= 0.6 is 23.2 Å². The molecule has 1 fully saturated rings. The predicted octanol–water partition coefficient (Wildman–Crippen LogP) is 2.52. The summed E-state index contributed by atoms with van der Waals surface area (Å²) in [7, 11) is 0. The molecule has 2 rings (SSSR count). The fourth-order valence-corrected chi connectivity index (χ4v) is 2.53. The fraction of sp³-hybridized carbons (Fsp3) is 0.417. The van der Waals surface area contributed by atoms with Crippen molar-refractivity contribution in [3.8, 4) is 0 Å². The van der Waals surface area contributed by atoms with Gasteiger partial charge >= 0.3 is 0 Å². The quantitative estimate of drug-likeness (QED) is 0.677. The van der Waals surface area contributed by atoms with E-state index in [2.05, 4.69) is 21.8 Å². The Morgan fingerprint density at radius 3 is 2.65 bits per heavy atom. The molecule has 1 N–H and O–H groups in total. The Balaban J connectivity index is 2.24. The van der Waals surface area contributed by atoms with Crippen molar-refractivity contribution in [2.24, 2.45) is 0 Å². The topological polar surface area (TPSA) is 28.2 Å². The molecule has 0 saturated carbocycles.